The second kappa shape index (κ2) is 3.78. The molecule has 0 saturated heterocycles. The van der Waals surface area contributed by atoms with E-state index < -0.39 is 11.6 Å². The summed E-state index contributed by atoms with van der Waals surface area (Å²) < 4.78 is 27.1. The quantitative estimate of drug-likeness (QED) is 0.816. The van der Waals surface area contributed by atoms with Gasteiger partial charge in [-0.05, 0) is 18.2 Å². The van der Waals surface area contributed by atoms with E-state index in [2.05, 4.69) is 5.10 Å². The highest BCUT2D eigenvalue weighted by molar-refractivity contribution is 5.33. The highest BCUT2D eigenvalue weighted by Gasteiger charge is 2.07. The lowest BCUT2D eigenvalue weighted by Crippen LogP contribution is -2.07. The predicted molar refractivity (Wildman–Crippen MR) is 51.4 cm³/mol. The number of nitrogens with zero attached hydrogens (tertiary/aromatic N) is 2. The highest BCUT2D eigenvalue weighted by Crippen LogP contribution is 2.14. The molecule has 0 aliphatic carbocycles. The molecular weight excluding hydrogens is 200 g/mol. The molecule has 78 valence electrons. The molecule has 5 heteroatoms. The van der Waals surface area contributed by atoms with Gasteiger partial charge in [-0.3, -0.25) is 0 Å². The molecule has 1 heterocycles. The van der Waals surface area contributed by atoms with E-state index in [0.29, 0.717) is 12.2 Å². The lowest BCUT2D eigenvalue weighted by Gasteiger charge is -2.05. The van der Waals surface area contributed by atoms with Gasteiger partial charge in [0.2, 0.25) is 0 Å². The van der Waals surface area contributed by atoms with Gasteiger partial charge >= 0.3 is 0 Å². The van der Waals surface area contributed by atoms with Gasteiger partial charge in [-0.15, -0.1) is 0 Å². The summed E-state index contributed by atoms with van der Waals surface area (Å²) in [5.41, 5.74) is 6.67. The van der Waals surface area contributed by atoms with Crippen molar-refractivity contribution in [3.8, 4) is 5.69 Å². The van der Waals surface area contributed by atoms with Crippen molar-refractivity contribution in [3.63, 3.8) is 0 Å². The first-order valence-corrected chi connectivity index (χ1v) is 4.41. The zero-order valence-electron chi connectivity index (χ0n) is 7.82. The summed E-state index contributed by atoms with van der Waals surface area (Å²) in [5.74, 6) is -1.77. The van der Waals surface area contributed by atoms with Crippen LogP contribution in [-0.2, 0) is 6.54 Å². The van der Waals surface area contributed by atoms with Gasteiger partial charge in [-0.25, -0.2) is 13.5 Å². The number of hydrogen-bond acceptors (Lipinski definition) is 2. The highest BCUT2D eigenvalue weighted by atomic mass is 19.2. The summed E-state index contributed by atoms with van der Waals surface area (Å²) in [6.07, 6.45) is 1.56. The number of rotatable bonds is 2. The van der Waals surface area contributed by atoms with E-state index in [0.717, 1.165) is 17.8 Å². The van der Waals surface area contributed by atoms with Gasteiger partial charge in [0.25, 0.3) is 0 Å². The Labute approximate surface area is 85.1 Å². The Bertz CT molecular complexity index is 479. The number of halogens is 2. The third kappa shape index (κ3) is 1.73. The van der Waals surface area contributed by atoms with Crippen LogP contribution in [0.4, 0.5) is 8.78 Å². The van der Waals surface area contributed by atoms with Crippen LogP contribution >= 0.6 is 0 Å². The molecule has 1 aromatic carbocycles. The Morgan fingerprint density at radius 1 is 1.20 bits per heavy atom. The third-order valence-corrected chi connectivity index (χ3v) is 2.08. The van der Waals surface area contributed by atoms with E-state index in [4.69, 9.17) is 5.73 Å². The normalized spacial score (nSPS) is 10.6. The first-order chi connectivity index (χ1) is 7.22. The van der Waals surface area contributed by atoms with Gasteiger partial charge in [-0.1, -0.05) is 0 Å². The van der Waals surface area contributed by atoms with Crippen molar-refractivity contribution in [2.24, 2.45) is 5.73 Å². The smallest absolute Gasteiger partial charge is 0.160 e. The Morgan fingerprint density at radius 3 is 2.67 bits per heavy atom. The molecule has 0 unspecified atom stereocenters. The Balaban J connectivity index is 2.50. The largest absolute Gasteiger partial charge is 0.325 e. The summed E-state index contributed by atoms with van der Waals surface area (Å²) >= 11 is 0. The summed E-state index contributed by atoms with van der Waals surface area (Å²) in [6.45, 7) is 0.291. The lowest BCUT2D eigenvalue weighted by molar-refractivity contribution is 0.507. The maximum absolute atomic E-state index is 13.0. The van der Waals surface area contributed by atoms with Crippen molar-refractivity contribution >= 4 is 0 Å². The second-order valence-electron chi connectivity index (χ2n) is 3.04. The van der Waals surface area contributed by atoms with E-state index in [1.807, 2.05) is 0 Å². The molecule has 0 saturated carbocycles. The fraction of sp³-hybridized carbons (Fsp3) is 0.100. The fourth-order valence-electron chi connectivity index (χ4n) is 1.33. The van der Waals surface area contributed by atoms with Crippen LogP contribution in [0.2, 0.25) is 0 Å². The van der Waals surface area contributed by atoms with Gasteiger partial charge in [0, 0.05) is 18.8 Å². The standard InChI is InChI=1S/C10H9F2N3/c11-9-2-1-7(5-10(9)12)15-8(6-13)3-4-14-15/h1-5H,6,13H2. The number of aromatic nitrogens is 2. The number of nitrogens with two attached hydrogens (primary N) is 1. The van der Waals surface area contributed by atoms with Gasteiger partial charge in [0.1, 0.15) is 0 Å². The Morgan fingerprint density at radius 2 is 2.00 bits per heavy atom. The predicted octanol–water partition coefficient (Wildman–Crippen LogP) is 1.61. The van der Waals surface area contributed by atoms with E-state index in [-0.39, 0.29) is 0 Å². The van der Waals surface area contributed by atoms with Crippen molar-refractivity contribution in [3.05, 3.63) is 47.8 Å². The third-order valence-electron chi connectivity index (χ3n) is 2.08. The van der Waals surface area contributed by atoms with Crippen LogP contribution in [0.3, 0.4) is 0 Å². The first-order valence-electron chi connectivity index (χ1n) is 4.41. The van der Waals surface area contributed by atoms with Crippen molar-refractivity contribution in [2.45, 2.75) is 6.54 Å². The molecule has 0 aliphatic heterocycles. The SMILES string of the molecule is NCc1ccnn1-c1ccc(F)c(F)c1. The van der Waals surface area contributed by atoms with E-state index in [1.54, 1.807) is 12.3 Å². The Hall–Kier alpha value is -1.75. The monoisotopic (exact) mass is 209 g/mol. The van der Waals surface area contributed by atoms with Crippen molar-refractivity contribution in [2.75, 3.05) is 0 Å². The zero-order chi connectivity index (χ0) is 10.8. The fourth-order valence-corrected chi connectivity index (χ4v) is 1.33. The summed E-state index contributed by atoms with van der Waals surface area (Å²) in [5, 5.41) is 3.98. The van der Waals surface area contributed by atoms with Crippen molar-refractivity contribution in [1.29, 1.82) is 0 Å². The van der Waals surface area contributed by atoms with E-state index >= 15 is 0 Å². The average Bonchev–Trinajstić information content (AvgIpc) is 2.70. The minimum absolute atomic E-state index is 0.291. The zero-order valence-corrected chi connectivity index (χ0v) is 7.82. The topological polar surface area (TPSA) is 43.8 Å². The molecule has 0 fully saturated rings. The van der Waals surface area contributed by atoms with Gasteiger partial charge in [-0.2, -0.15) is 5.10 Å². The number of hydrogen-bond donors (Lipinski definition) is 1. The van der Waals surface area contributed by atoms with Gasteiger partial charge < -0.3 is 5.73 Å². The van der Waals surface area contributed by atoms with Gasteiger partial charge in [0.05, 0.1) is 11.4 Å². The molecule has 1 aromatic heterocycles. The molecule has 0 bridgehead atoms. The molecule has 0 spiro atoms. The molecular formula is C10H9F2N3. The van der Waals surface area contributed by atoms with Crippen molar-refractivity contribution in [1.82, 2.24) is 9.78 Å². The molecule has 0 amide bonds. The second-order valence-corrected chi connectivity index (χ2v) is 3.04. The van der Waals surface area contributed by atoms with E-state index in [1.165, 1.54) is 10.7 Å². The van der Waals surface area contributed by atoms with Crippen LogP contribution in [-0.4, -0.2) is 9.78 Å². The van der Waals surface area contributed by atoms with Crippen LogP contribution in [0.1, 0.15) is 5.69 Å². The summed E-state index contributed by atoms with van der Waals surface area (Å²) in [6, 6.07) is 5.32. The summed E-state index contributed by atoms with van der Waals surface area (Å²) in [7, 11) is 0. The maximum atomic E-state index is 13.0. The van der Waals surface area contributed by atoms with E-state index in [9.17, 15) is 8.78 Å². The molecule has 15 heavy (non-hydrogen) atoms. The molecule has 2 aromatic rings. The first kappa shape index (κ1) is 9.79. The average molecular weight is 209 g/mol. The van der Waals surface area contributed by atoms with Crippen LogP contribution in [0.15, 0.2) is 30.5 Å². The molecule has 2 rings (SSSR count). The molecule has 3 nitrogen and oxygen atoms in total. The lowest BCUT2D eigenvalue weighted by atomic mass is 10.3. The van der Waals surface area contributed by atoms with Crippen LogP contribution in [0, 0.1) is 11.6 Å². The minimum Gasteiger partial charge on any atom is -0.325 e. The van der Waals surface area contributed by atoms with Crippen LogP contribution in [0.5, 0.6) is 0 Å². The molecule has 0 atom stereocenters. The maximum Gasteiger partial charge on any atom is 0.160 e. The van der Waals surface area contributed by atoms with Crippen molar-refractivity contribution < 1.29 is 8.78 Å². The number of benzene rings is 1. The van der Waals surface area contributed by atoms with Crippen LogP contribution in [0.25, 0.3) is 5.69 Å². The molecule has 0 radical (unpaired) electrons. The molecule has 2 N–H and O–H groups in total. The van der Waals surface area contributed by atoms with Gasteiger partial charge in [0.15, 0.2) is 11.6 Å². The van der Waals surface area contributed by atoms with Crippen LogP contribution < -0.4 is 5.73 Å². The summed E-state index contributed by atoms with van der Waals surface area (Å²) in [4.78, 5) is 0. The Kier molecular flexibility index (Phi) is 2.47. The minimum atomic E-state index is -0.897. The molecule has 0 aliphatic rings.